The van der Waals surface area contributed by atoms with Gasteiger partial charge in [-0.05, 0) is 35.4 Å². The molecule has 3 rings (SSSR count). The third-order valence-electron chi connectivity index (χ3n) is 3.42. The molecule has 0 aliphatic heterocycles. The van der Waals surface area contributed by atoms with Crippen molar-refractivity contribution in [1.29, 1.82) is 0 Å². The van der Waals surface area contributed by atoms with E-state index in [9.17, 15) is 8.78 Å². The highest BCUT2D eigenvalue weighted by molar-refractivity contribution is 6.31. The van der Waals surface area contributed by atoms with Gasteiger partial charge in [-0.1, -0.05) is 17.7 Å². The summed E-state index contributed by atoms with van der Waals surface area (Å²) >= 11 is 6.03. The molecule has 0 fully saturated rings. The van der Waals surface area contributed by atoms with E-state index in [-0.39, 0.29) is 0 Å². The number of benzene rings is 2. The fourth-order valence-electron chi connectivity index (χ4n) is 2.53. The minimum Gasteiger partial charge on any atom is -0.343 e. The first-order valence-electron chi connectivity index (χ1n) is 6.49. The summed E-state index contributed by atoms with van der Waals surface area (Å²) in [5.74, 6) is -1.17. The number of rotatable bonds is 3. The zero-order valence-electron chi connectivity index (χ0n) is 11.1. The van der Waals surface area contributed by atoms with Crippen LogP contribution in [0.25, 0.3) is 10.9 Å². The van der Waals surface area contributed by atoms with Crippen molar-refractivity contribution in [3.05, 3.63) is 70.4 Å². The second-order valence-electron chi connectivity index (χ2n) is 4.93. The minimum absolute atomic E-state index is 0.353. The molecule has 0 saturated heterocycles. The van der Waals surface area contributed by atoms with E-state index in [0.717, 1.165) is 22.5 Å². The van der Waals surface area contributed by atoms with Gasteiger partial charge in [0.2, 0.25) is 0 Å². The first-order valence-corrected chi connectivity index (χ1v) is 6.87. The molecule has 0 aliphatic rings. The van der Waals surface area contributed by atoms with Crippen molar-refractivity contribution in [2.45, 2.75) is 13.1 Å². The second-order valence-corrected chi connectivity index (χ2v) is 5.36. The Labute approximate surface area is 125 Å². The SMILES string of the molecule is NCc1cn(Cc2cc(F)cc(F)c2)c2cc(Cl)ccc12. The molecule has 0 aliphatic carbocycles. The number of aromatic nitrogens is 1. The molecule has 1 aromatic heterocycles. The molecular weight excluding hydrogens is 294 g/mol. The van der Waals surface area contributed by atoms with Crippen molar-refractivity contribution < 1.29 is 8.78 Å². The highest BCUT2D eigenvalue weighted by Crippen LogP contribution is 2.25. The molecule has 0 unspecified atom stereocenters. The molecule has 0 saturated carbocycles. The normalized spacial score (nSPS) is 11.2. The van der Waals surface area contributed by atoms with E-state index in [1.165, 1.54) is 12.1 Å². The van der Waals surface area contributed by atoms with Crippen LogP contribution in [-0.4, -0.2) is 4.57 Å². The second kappa shape index (κ2) is 5.47. The molecular formula is C16H13ClF2N2. The van der Waals surface area contributed by atoms with E-state index in [2.05, 4.69) is 0 Å². The quantitative estimate of drug-likeness (QED) is 0.776. The Hall–Kier alpha value is -1.91. The molecule has 2 nitrogen and oxygen atoms in total. The average Bonchev–Trinajstić information content (AvgIpc) is 2.75. The standard InChI is InChI=1S/C16H13ClF2N2/c17-12-1-2-15-11(7-20)9-21(16(15)5-12)8-10-3-13(18)6-14(19)4-10/h1-6,9H,7-8,20H2. The number of halogens is 3. The Balaban J connectivity index is 2.09. The number of hydrogen-bond acceptors (Lipinski definition) is 1. The van der Waals surface area contributed by atoms with E-state index in [0.29, 0.717) is 23.7 Å². The lowest BCUT2D eigenvalue weighted by molar-refractivity contribution is 0.578. The highest BCUT2D eigenvalue weighted by Gasteiger charge is 2.09. The molecule has 2 N–H and O–H groups in total. The summed E-state index contributed by atoms with van der Waals surface area (Å²) in [7, 11) is 0. The average molecular weight is 307 g/mol. The third kappa shape index (κ3) is 2.77. The minimum atomic E-state index is -0.585. The largest absolute Gasteiger partial charge is 0.343 e. The zero-order chi connectivity index (χ0) is 15.0. The molecule has 2 aromatic carbocycles. The van der Waals surface area contributed by atoms with Crippen LogP contribution in [0.3, 0.4) is 0 Å². The van der Waals surface area contributed by atoms with E-state index in [1.807, 2.05) is 22.9 Å². The van der Waals surface area contributed by atoms with Gasteiger partial charge in [0, 0.05) is 35.8 Å². The molecule has 108 valence electrons. The van der Waals surface area contributed by atoms with Crippen LogP contribution in [0, 0.1) is 11.6 Å². The van der Waals surface area contributed by atoms with Crippen LogP contribution in [0.4, 0.5) is 8.78 Å². The lowest BCUT2D eigenvalue weighted by Gasteiger charge is -2.06. The molecule has 3 aromatic rings. The van der Waals surface area contributed by atoms with Gasteiger partial charge in [0.25, 0.3) is 0 Å². The van der Waals surface area contributed by atoms with Crippen molar-refractivity contribution in [3.63, 3.8) is 0 Å². The maximum Gasteiger partial charge on any atom is 0.126 e. The van der Waals surface area contributed by atoms with Gasteiger partial charge in [0.1, 0.15) is 11.6 Å². The number of nitrogens with zero attached hydrogens (tertiary/aromatic N) is 1. The summed E-state index contributed by atoms with van der Waals surface area (Å²) in [6.45, 7) is 0.744. The van der Waals surface area contributed by atoms with Crippen molar-refractivity contribution in [3.8, 4) is 0 Å². The first-order chi connectivity index (χ1) is 10.1. The molecule has 0 spiro atoms. The maximum atomic E-state index is 13.3. The predicted octanol–water partition coefficient (Wildman–Crippen LogP) is 4.08. The van der Waals surface area contributed by atoms with E-state index < -0.39 is 11.6 Å². The number of hydrogen-bond donors (Lipinski definition) is 1. The molecule has 0 radical (unpaired) electrons. The monoisotopic (exact) mass is 306 g/mol. The van der Waals surface area contributed by atoms with Crippen molar-refractivity contribution >= 4 is 22.5 Å². The van der Waals surface area contributed by atoms with Crippen LogP contribution in [-0.2, 0) is 13.1 Å². The van der Waals surface area contributed by atoms with Crippen molar-refractivity contribution in [1.82, 2.24) is 4.57 Å². The van der Waals surface area contributed by atoms with Gasteiger partial charge in [0.05, 0.1) is 5.52 Å². The van der Waals surface area contributed by atoms with Gasteiger partial charge in [-0.2, -0.15) is 0 Å². The molecule has 0 amide bonds. The van der Waals surface area contributed by atoms with Crippen molar-refractivity contribution in [2.24, 2.45) is 5.73 Å². The van der Waals surface area contributed by atoms with Gasteiger partial charge in [-0.25, -0.2) is 8.78 Å². The van der Waals surface area contributed by atoms with Gasteiger partial charge in [-0.15, -0.1) is 0 Å². The van der Waals surface area contributed by atoms with Crippen LogP contribution in [0.15, 0.2) is 42.6 Å². The third-order valence-corrected chi connectivity index (χ3v) is 3.66. The Morgan fingerprint density at radius 1 is 1.05 bits per heavy atom. The van der Waals surface area contributed by atoms with Gasteiger partial charge >= 0.3 is 0 Å². The lowest BCUT2D eigenvalue weighted by atomic mass is 10.2. The van der Waals surface area contributed by atoms with Crippen LogP contribution < -0.4 is 5.73 Å². The van der Waals surface area contributed by atoms with E-state index in [1.54, 1.807) is 6.07 Å². The Bertz CT molecular complexity index is 791. The smallest absolute Gasteiger partial charge is 0.126 e. The zero-order valence-corrected chi connectivity index (χ0v) is 11.9. The fourth-order valence-corrected chi connectivity index (χ4v) is 2.70. The van der Waals surface area contributed by atoms with Crippen molar-refractivity contribution in [2.75, 3.05) is 0 Å². The summed E-state index contributed by atoms with van der Waals surface area (Å²) in [6, 6.07) is 9.03. The predicted molar refractivity (Wildman–Crippen MR) is 80.3 cm³/mol. The summed E-state index contributed by atoms with van der Waals surface area (Å²) in [5, 5.41) is 1.61. The van der Waals surface area contributed by atoms with Crippen LogP contribution in [0.2, 0.25) is 5.02 Å². The highest BCUT2D eigenvalue weighted by atomic mass is 35.5. The van der Waals surface area contributed by atoms with E-state index >= 15 is 0 Å². The summed E-state index contributed by atoms with van der Waals surface area (Å²) < 4.78 is 28.5. The van der Waals surface area contributed by atoms with Crippen LogP contribution in [0.1, 0.15) is 11.1 Å². The van der Waals surface area contributed by atoms with Gasteiger partial charge < -0.3 is 10.3 Å². The summed E-state index contributed by atoms with van der Waals surface area (Å²) in [4.78, 5) is 0. The Kier molecular flexibility index (Phi) is 3.66. The molecule has 21 heavy (non-hydrogen) atoms. The van der Waals surface area contributed by atoms with Gasteiger partial charge in [-0.3, -0.25) is 0 Å². The molecule has 1 heterocycles. The maximum absolute atomic E-state index is 13.3. The molecule has 0 bridgehead atoms. The van der Waals surface area contributed by atoms with Gasteiger partial charge in [0.15, 0.2) is 0 Å². The lowest BCUT2D eigenvalue weighted by Crippen LogP contribution is -2.00. The fraction of sp³-hybridized carbons (Fsp3) is 0.125. The molecule has 0 atom stereocenters. The number of nitrogens with two attached hydrogens (primary N) is 1. The molecule has 5 heteroatoms. The summed E-state index contributed by atoms with van der Waals surface area (Å²) in [6.07, 6.45) is 1.89. The summed E-state index contributed by atoms with van der Waals surface area (Å²) in [5.41, 5.74) is 8.16. The van der Waals surface area contributed by atoms with E-state index in [4.69, 9.17) is 17.3 Å². The first kappa shape index (κ1) is 14.0. The number of fused-ring (bicyclic) bond motifs is 1. The topological polar surface area (TPSA) is 30.9 Å². The Morgan fingerprint density at radius 3 is 2.43 bits per heavy atom. The van der Waals surface area contributed by atoms with Crippen LogP contribution >= 0.6 is 11.6 Å². The Morgan fingerprint density at radius 2 is 1.76 bits per heavy atom. The van der Waals surface area contributed by atoms with Crippen LogP contribution in [0.5, 0.6) is 0 Å².